The van der Waals surface area contributed by atoms with Gasteiger partial charge in [0.2, 0.25) is 0 Å². The van der Waals surface area contributed by atoms with Crippen molar-refractivity contribution < 1.29 is 0 Å². The van der Waals surface area contributed by atoms with Crippen molar-refractivity contribution >= 4 is 74.4 Å². The molecule has 0 aliphatic rings. The van der Waals surface area contributed by atoms with E-state index in [2.05, 4.69) is 50.2 Å². The standard InChI is InChI=1S/C25H26S3/c1-3-4-5-6-7-8-9-19-11-18-13-21-20-12-17-10-16(2)26-22(17)14-24(20)28-25(21)15-23(18)27-19/h10-15H,3-9H2,1-2H3. The quantitative estimate of drug-likeness (QED) is 0.229. The van der Waals surface area contributed by atoms with Crippen molar-refractivity contribution in [3.8, 4) is 0 Å². The molecule has 28 heavy (non-hydrogen) atoms. The van der Waals surface area contributed by atoms with E-state index >= 15 is 0 Å². The van der Waals surface area contributed by atoms with Gasteiger partial charge in [0, 0.05) is 39.3 Å². The normalized spacial score (nSPS) is 12.2. The van der Waals surface area contributed by atoms with Gasteiger partial charge in [-0.05, 0) is 66.9 Å². The second-order valence-electron chi connectivity index (χ2n) is 7.96. The van der Waals surface area contributed by atoms with Crippen LogP contribution in [0.5, 0.6) is 0 Å². The minimum Gasteiger partial charge on any atom is -0.141 e. The highest BCUT2D eigenvalue weighted by molar-refractivity contribution is 7.27. The first-order valence-electron chi connectivity index (χ1n) is 10.5. The van der Waals surface area contributed by atoms with Gasteiger partial charge in [0.25, 0.3) is 0 Å². The molecule has 0 saturated heterocycles. The Balaban J connectivity index is 1.44. The first-order chi connectivity index (χ1) is 13.7. The monoisotopic (exact) mass is 422 g/mol. The van der Waals surface area contributed by atoms with Crippen molar-refractivity contribution in [1.82, 2.24) is 0 Å². The fourth-order valence-corrected chi connectivity index (χ4v) is 7.61. The van der Waals surface area contributed by atoms with E-state index in [1.165, 1.54) is 90.2 Å². The summed E-state index contributed by atoms with van der Waals surface area (Å²) in [5.41, 5.74) is 0. The topological polar surface area (TPSA) is 0 Å². The molecule has 3 heteroatoms. The van der Waals surface area contributed by atoms with E-state index in [4.69, 9.17) is 0 Å². The molecule has 0 bridgehead atoms. The summed E-state index contributed by atoms with van der Waals surface area (Å²) in [6.45, 7) is 4.49. The number of aryl methyl sites for hydroxylation is 2. The minimum absolute atomic E-state index is 1.24. The fraction of sp³-hybridized carbons (Fsp3) is 0.360. The molecule has 0 nitrogen and oxygen atoms in total. The molecule has 0 aliphatic heterocycles. The van der Waals surface area contributed by atoms with Crippen LogP contribution in [-0.4, -0.2) is 0 Å². The van der Waals surface area contributed by atoms with Gasteiger partial charge in [0.15, 0.2) is 0 Å². The molecule has 2 aromatic carbocycles. The highest BCUT2D eigenvalue weighted by atomic mass is 32.1. The molecule has 0 amide bonds. The second-order valence-corrected chi connectivity index (χ2v) is 11.5. The molecule has 0 atom stereocenters. The summed E-state index contributed by atoms with van der Waals surface area (Å²) in [6, 6.07) is 14.4. The Kier molecular flexibility index (Phi) is 5.17. The number of unbranched alkanes of at least 4 members (excludes halogenated alkanes) is 5. The van der Waals surface area contributed by atoms with Crippen LogP contribution < -0.4 is 0 Å². The van der Waals surface area contributed by atoms with Crippen LogP contribution >= 0.6 is 34.0 Å². The van der Waals surface area contributed by atoms with Gasteiger partial charge >= 0.3 is 0 Å². The van der Waals surface area contributed by atoms with Gasteiger partial charge in [-0.3, -0.25) is 0 Å². The molecule has 0 saturated carbocycles. The summed E-state index contributed by atoms with van der Waals surface area (Å²) >= 11 is 5.86. The Bertz CT molecular complexity index is 1270. The van der Waals surface area contributed by atoms with Crippen LogP contribution in [0.4, 0.5) is 0 Å². The maximum absolute atomic E-state index is 2.45. The molecule has 0 fully saturated rings. The molecule has 3 heterocycles. The SMILES string of the molecule is CCCCCCCCc1cc2cc3c(cc2s1)sc1cc2sc(C)cc2cc13. The molecule has 144 valence electrons. The van der Waals surface area contributed by atoms with Crippen LogP contribution in [0.1, 0.15) is 55.2 Å². The lowest BCUT2D eigenvalue weighted by molar-refractivity contribution is 0.609. The van der Waals surface area contributed by atoms with Crippen molar-refractivity contribution in [2.45, 2.75) is 58.8 Å². The Morgan fingerprint density at radius 1 is 0.607 bits per heavy atom. The van der Waals surface area contributed by atoms with E-state index < -0.39 is 0 Å². The summed E-state index contributed by atoms with van der Waals surface area (Å²) in [4.78, 5) is 2.96. The molecule has 3 aromatic heterocycles. The summed E-state index contributed by atoms with van der Waals surface area (Å²) in [6.07, 6.45) is 9.49. The van der Waals surface area contributed by atoms with Gasteiger partial charge in [0.1, 0.15) is 0 Å². The zero-order chi connectivity index (χ0) is 19.1. The predicted octanol–water partition coefficient (Wildman–Crippen LogP) is 9.70. The van der Waals surface area contributed by atoms with E-state index in [-0.39, 0.29) is 0 Å². The van der Waals surface area contributed by atoms with Gasteiger partial charge in [-0.25, -0.2) is 0 Å². The molecular weight excluding hydrogens is 396 g/mol. The molecule has 0 N–H and O–H groups in total. The van der Waals surface area contributed by atoms with E-state index in [1.54, 1.807) is 4.88 Å². The van der Waals surface area contributed by atoms with Crippen molar-refractivity contribution in [2.75, 3.05) is 0 Å². The minimum atomic E-state index is 1.24. The maximum atomic E-state index is 2.45. The Morgan fingerprint density at radius 3 is 2.00 bits per heavy atom. The fourth-order valence-electron chi connectivity index (χ4n) is 4.24. The summed E-state index contributed by atoms with van der Waals surface area (Å²) in [5.74, 6) is 0. The van der Waals surface area contributed by atoms with Crippen molar-refractivity contribution in [1.29, 1.82) is 0 Å². The van der Waals surface area contributed by atoms with Crippen LogP contribution in [0.15, 0.2) is 36.4 Å². The van der Waals surface area contributed by atoms with Crippen LogP contribution in [0.2, 0.25) is 0 Å². The third-order valence-electron chi connectivity index (χ3n) is 5.70. The van der Waals surface area contributed by atoms with Crippen LogP contribution in [0.3, 0.4) is 0 Å². The lowest BCUT2D eigenvalue weighted by Crippen LogP contribution is -1.82. The average molecular weight is 423 g/mol. The second kappa shape index (κ2) is 7.78. The van der Waals surface area contributed by atoms with Crippen molar-refractivity contribution in [3.05, 3.63) is 46.2 Å². The van der Waals surface area contributed by atoms with Crippen LogP contribution in [0.25, 0.3) is 40.3 Å². The van der Waals surface area contributed by atoms with E-state index in [0.717, 1.165) is 0 Å². The van der Waals surface area contributed by atoms with Gasteiger partial charge in [-0.2, -0.15) is 0 Å². The number of hydrogen-bond acceptors (Lipinski definition) is 3. The molecule has 0 unspecified atom stereocenters. The average Bonchev–Trinajstić information content (AvgIpc) is 3.33. The summed E-state index contributed by atoms with van der Waals surface area (Å²) in [7, 11) is 0. The lowest BCUT2D eigenvalue weighted by Gasteiger charge is -1.98. The largest absolute Gasteiger partial charge is 0.141 e. The third-order valence-corrected chi connectivity index (χ3v) is 8.98. The molecule has 0 radical (unpaired) electrons. The Hall–Kier alpha value is -1.42. The predicted molar refractivity (Wildman–Crippen MR) is 132 cm³/mol. The van der Waals surface area contributed by atoms with E-state index in [9.17, 15) is 0 Å². The van der Waals surface area contributed by atoms with Crippen molar-refractivity contribution in [2.24, 2.45) is 0 Å². The molecule has 5 aromatic rings. The number of benzene rings is 2. The number of fused-ring (bicyclic) bond motifs is 5. The highest BCUT2D eigenvalue weighted by Gasteiger charge is 2.11. The highest BCUT2D eigenvalue weighted by Crippen LogP contribution is 2.41. The van der Waals surface area contributed by atoms with Gasteiger partial charge in [-0.1, -0.05) is 39.0 Å². The molecule has 0 aliphatic carbocycles. The van der Waals surface area contributed by atoms with E-state index in [1.807, 2.05) is 34.0 Å². The number of thiophene rings is 3. The lowest BCUT2D eigenvalue weighted by atomic mass is 10.1. The van der Waals surface area contributed by atoms with Crippen LogP contribution in [0, 0.1) is 6.92 Å². The number of hydrogen-bond donors (Lipinski definition) is 0. The van der Waals surface area contributed by atoms with Gasteiger partial charge in [-0.15, -0.1) is 34.0 Å². The van der Waals surface area contributed by atoms with Gasteiger partial charge in [0.05, 0.1) is 0 Å². The Morgan fingerprint density at radius 2 is 1.25 bits per heavy atom. The zero-order valence-electron chi connectivity index (χ0n) is 16.6. The number of rotatable bonds is 7. The first-order valence-corrected chi connectivity index (χ1v) is 12.9. The maximum Gasteiger partial charge on any atom is 0.0369 e. The summed E-state index contributed by atoms with van der Waals surface area (Å²) < 4.78 is 5.73. The molecule has 5 rings (SSSR count). The van der Waals surface area contributed by atoms with Crippen molar-refractivity contribution in [3.63, 3.8) is 0 Å². The van der Waals surface area contributed by atoms with E-state index in [0.29, 0.717) is 0 Å². The van der Waals surface area contributed by atoms with Crippen LogP contribution in [-0.2, 0) is 6.42 Å². The molecular formula is C25H26S3. The molecule has 0 spiro atoms. The zero-order valence-corrected chi connectivity index (χ0v) is 19.1. The first kappa shape index (κ1) is 18.6. The summed E-state index contributed by atoms with van der Waals surface area (Å²) in [5, 5.41) is 5.68. The smallest absolute Gasteiger partial charge is 0.0369 e. The third kappa shape index (κ3) is 3.49. The Labute approximate surface area is 178 Å². The van der Waals surface area contributed by atoms with Gasteiger partial charge < -0.3 is 0 Å².